The number of hydrogen-bond acceptors (Lipinski definition) is 9. The first kappa shape index (κ1) is 31.6. The third kappa shape index (κ3) is 8.79. The van der Waals surface area contributed by atoms with Gasteiger partial charge in [-0.1, -0.05) is 29.8 Å². The molecule has 4 rings (SSSR count). The van der Waals surface area contributed by atoms with Gasteiger partial charge in [-0.3, -0.25) is 4.79 Å². The van der Waals surface area contributed by atoms with Crippen LogP contribution in [0.4, 0.5) is 21.6 Å². The number of alkyl halides is 2. The lowest BCUT2D eigenvalue weighted by atomic mass is 10.2. The minimum absolute atomic E-state index is 0.0559. The number of hydrogen-bond donors (Lipinski definition) is 3. The fraction of sp³-hybridized carbons (Fsp3) is 0.185. The number of rotatable bonds is 10. The van der Waals surface area contributed by atoms with Crippen molar-refractivity contribution in [3.63, 3.8) is 0 Å². The summed E-state index contributed by atoms with van der Waals surface area (Å²) >= 11 is 17.0. The number of aromatic nitrogens is 2. The number of carbonyl (C=O) groups excluding carboxylic acids is 2. The predicted octanol–water partition coefficient (Wildman–Crippen LogP) is 5.39. The number of nitrogen functional groups attached to an aromatic ring is 1. The van der Waals surface area contributed by atoms with Crippen LogP contribution in [0.5, 0.6) is 5.75 Å². The molecule has 3 aromatic carbocycles. The highest BCUT2D eigenvalue weighted by Gasteiger charge is 2.15. The number of hydroxylamine groups is 2. The van der Waals surface area contributed by atoms with Gasteiger partial charge < -0.3 is 26.4 Å². The molecule has 0 aliphatic carbocycles. The molecule has 4 aromatic rings. The molecule has 0 saturated carbocycles. The van der Waals surface area contributed by atoms with Gasteiger partial charge in [-0.25, -0.2) is 19.2 Å². The number of anilines is 3. The Bertz CT molecular complexity index is 1510. The van der Waals surface area contributed by atoms with Gasteiger partial charge in [-0.15, -0.1) is 28.3 Å². The van der Waals surface area contributed by atoms with E-state index in [0.29, 0.717) is 58.4 Å². The molecule has 0 fully saturated rings. The average molecular weight is 624 g/mol. The van der Waals surface area contributed by atoms with Crippen molar-refractivity contribution in [2.24, 2.45) is 5.73 Å². The van der Waals surface area contributed by atoms with E-state index in [9.17, 15) is 14.0 Å². The molecular formula is C27H26Cl3FN6O4. The van der Waals surface area contributed by atoms with Crippen LogP contribution in [-0.4, -0.2) is 58.9 Å². The van der Waals surface area contributed by atoms with Crippen LogP contribution in [0.25, 0.3) is 10.9 Å². The van der Waals surface area contributed by atoms with E-state index in [4.69, 9.17) is 55.8 Å². The topological polar surface area (TPSA) is 146 Å². The van der Waals surface area contributed by atoms with Crippen LogP contribution >= 0.6 is 34.8 Å². The normalized spacial score (nSPS) is 10.6. The van der Waals surface area contributed by atoms with Crippen LogP contribution in [0.3, 0.4) is 0 Å². The zero-order valence-corrected chi connectivity index (χ0v) is 24.0. The van der Waals surface area contributed by atoms with E-state index in [1.54, 1.807) is 36.4 Å². The molecule has 10 nitrogen and oxygen atoms in total. The SMILES string of the molecule is COc1cc2nc(C(N)=O)nc(Nc3ccc(F)c(Cl)c3)c2cc1N.O=C(ON(CCCl)CCCl)c1ccccc1. The van der Waals surface area contributed by atoms with Crippen molar-refractivity contribution >= 4 is 74.8 Å². The molecule has 0 unspecified atom stereocenters. The molecule has 0 spiro atoms. The van der Waals surface area contributed by atoms with Crippen molar-refractivity contribution in [2.75, 3.05) is 43.0 Å². The van der Waals surface area contributed by atoms with Crippen LogP contribution in [0.15, 0.2) is 60.7 Å². The fourth-order valence-corrected chi connectivity index (χ4v) is 3.96. The van der Waals surface area contributed by atoms with Gasteiger partial charge in [0.2, 0.25) is 5.82 Å². The van der Waals surface area contributed by atoms with E-state index in [-0.39, 0.29) is 16.7 Å². The van der Waals surface area contributed by atoms with Gasteiger partial charge in [0.1, 0.15) is 17.4 Å². The molecule has 0 saturated heterocycles. The maximum absolute atomic E-state index is 13.3. The van der Waals surface area contributed by atoms with Gasteiger partial charge in [0.05, 0.1) is 28.9 Å². The van der Waals surface area contributed by atoms with E-state index >= 15 is 0 Å². The molecule has 1 aromatic heterocycles. The lowest BCUT2D eigenvalue weighted by Gasteiger charge is -2.18. The van der Waals surface area contributed by atoms with Crippen molar-refractivity contribution in [3.05, 3.63) is 82.9 Å². The third-order valence-electron chi connectivity index (χ3n) is 5.34. The number of fused-ring (bicyclic) bond motifs is 1. The summed E-state index contributed by atoms with van der Waals surface area (Å²) in [4.78, 5) is 36.5. The monoisotopic (exact) mass is 622 g/mol. The minimum Gasteiger partial charge on any atom is -0.495 e. The summed E-state index contributed by atoms with van der Waals surface area (Å²) in [6.07, 6.45) is 0. The van der Waals surface area contributed by atoms with Gasteiger partial charge in [0.15, 0.2) is 0 Å². The molecule has 1 amide bonds. The summed E-state index contributed by atoms with van der Waals surface area (Å²) in [6.45, 7) is 0.930. The van der Waals surface area contributed by atoms with Crippen molar-refractivity contribution in [2.45, 2.75) is 0 Å². The number of nitrogens with two attached hydrogens (primary N) is 2. The summed E-state index contributed by atoms with van der Waals surface area (Å²) < 4.78 is 18.5. The fourth-order valence-electron chi connectivity index (χ4n) is 3.40. The largest absolute Gasteiger partial charge is 0.495 e. The Balaban J connectivity index is 0.000000250. The van der Waals surface area contributed by atoms with Crippen molar-refractivity contribution in [1.82, 2.24) is 15.0 Å². The Hall–Kier alpha value is -3.90. The number of halogens is 4. The van der Waals surface area contributed by atoms with E-state index in [0.717, 1.165) is 0 Å². The van der Waals surface area contributed by atoms with E-state index in [1.807, 2.05) is 6.07 Å². The molecular weight excluding hydrogens is 598 g/mol. The molecule has 1 heterocycles. The molecule has 0 aliphatic heterocycles. The highest BCUT2D eigenvalue weighted by molar-refractivity contribution is 6.31. The van der Waals surface area contributed by atoms with Gasteiger partial charge in [-0.05, 0) is 36.4 Å². The highest BCUT2D eigenvalue weighted by atomic mass is 35.5. The highest BCUT2D eigenvalue weighted by Crippen LogP contribution is 2.32. The third-order valence-corrected chi connectivity index (χ3v) is 5.97. The number of nitrogens with zero attached hydrogens (tertiary/aromatic N) is 3. The second kappa shape index (κ2) is 15.2. The minimum atomic E-state index is -0.794. The Morgan fingerprint density at radius 3 is 2.29 bits per heavy atom. The van der Waals surface area contributed by atoms with Crippen LogP contribution in [0, 0.1) is 5.82 Å². The zero-order valence-electron chi connectivity index (χ0n) is 21.7. The quantitative estimate of drug-likeness (QED) is 0.120. The molecule has 5 N–H and O–H groups in total. The van der Waals surface area contributed by atoms with Crippen molar-refractivity contribution in [3.8, 4) is 5.75 Å². The van der Waals surface area contributed by atoms with Crippen LogP contribution in [0.2, 0.25) is 5.02 Å². The summed E-state index contributed by atoms with van der Waals surface area (Å²) in [6, 6.07) is 16.0. The Labute approximate surface area is 250 Å². The number of amides is 1. The lowest BCUT2D eigenvalue weighted by molar-refractivity contribution is -0.101. The van der Waals surface area contributed by atoms with Crippen molar-refractivity contribution in [1.29, 1.82) is 0 Å². The van der Waals surface area contributed by atoms with E-state index < -0.39 is 17.7 Å². The van der Waals surface area contributed by atoms with Gasteiger partial charge in [0, 0.05) is 42.0 Å². The van der Waals surface area contributed by atoms with Crippen LogP contribution in [0.1, 0.15) is 21.0 Å². The maximum atomic E-state index is 13.3. The Kier molecular flexibility index (Phi) is 11.7. The molecule has 0 atom stereocenters. The predicted molar refractivity (Wildman–Crippen MR) is 159 cm³/mol. The average Bonchev–Trinajstić information content (AvgIpc) is 2.96. The van der Waals surface area contributed by atoms with Gasteiger partial charge >= 0.3 is 5.97 Å². The number of nitrogens with one attached hydrogen (secondary N) is 1. The zero-order chi connectivity index (χ0) is 29.9. The van der Waals surface area contributed by atoms with Crippen LogP contribution < -0.4 is 21.5 Å². The standard InChI is InChI=1S/C16H13ClFN5O2.C11H13Cl2NO2/c1-25-13-6-12-8(5-11(13)19)15(23-16(22-12)14(20)24)21-7-2-3-10(18)9(17)4-7;12-6-8-14(9-7-13)16-11(15)10-4-2-1-3-5-10/h2-6H,19H2,1H3,(H2,20,24)(H,21,22,23);1-5H,6-9H2. The first-order valence-corrected chi connectivity index (χ1v) is 13.4. The second-order valence-corrected chi connectivity index (χ2v) is 9.34. The van der Waals surface area contributed by atoms with Gasteiger partial charge in [0.25, 0.3) is 5.91 Å². The Morgan fingerprint density at radius 1 is 1.02 bits per heavy atom. The molecule has 0 aliphatic rings. The maximum Gasteiger partial charge on any atom is 0.357 e. The smallest absolute Gasteiger partial charge is 0.357 e. The summed E-state index contributed by atoms with van der Waals surface area (Å²) in [5, 5.41) is 4.91. The Morgan fingerprint density at radius 2 is 1.71 bits per heavy atom. The number of ether oxygens (including phenoxy) is 1. The van der Waals surface area contributed by atoms with E-state index in [1.165, 1.54) is 30.4 Å². The number of carbonyl (C=O) groups is 2. The van der Waals surface area contributed by atoms with Crippen molar-refractivity contribution < 1.29 is 23.6 Å². The first-order chi connectivity index (χ1) is 19.7. The summed E-state index contributed by atoms with van der Waals surface area (Å²) in [5.74, 6) is -0.471. The number of benzene rings is 3. The molecule has 216 valence electrons. The first-order valence-electron chi connectivity index (χ1n) is 12.0. The molecule has 14 heteroatoms. The summed E-state index contributed by atoms with van der Waals surface area (Å²) in [7, 11) is 1.47. The second-order valence-electron chi connectivity index (χ2n) is 8.18. The summed E-state index contributed by atoms with van der Waals surface area (Å²) in [5.41, 5.74) is 13.0. The lowest BCUT2D eigenvalue weighted by Crippen LogP contribution is -2.31. The molecule has 0 radical (unpaired) electrons. The van der Waals surface area contributed by atoms with Crippen LogP contribution in [-0.2, 0) is 4.84 Å². The molecule has 0 bridgehead atoms. The molecule has 41 heavy (non-hydrogen) atoms. The van der Waals surface area contributed by atoms with E-state index in [2.05, 4.69) is 15.3 Å². The number of primary amides is 1. The van der Waals surface area contributed by atoms with Gasteiger partial charge in [-0.2, -0.15) is 0 Å². The number of methoxy groups -OCH3 is 1.